The second-order valence-electron chi connectivity index (χ2n) is 8.52. The SMILES string of the molecule is COCCOc1ccc(C(F)(F)F)cc1NC(=O)C1CCN(S(=O)(=O)c2ccc3c(c2)OCCO3)CC1. The largest absolute Gasteiger partial charge is 0.489 e. The number of alkyl halides is 3. The number of hydrogen-bond donors (Lipinski definition) is 1. The second-order valence-corrected chi connectivity index (χ2v) is 10.5. The summed E-state index contributed by atoms with van der Waals surface area (Å²) in [6.45, 7) is 1.16. The molecule has 9 nitrogen and oxygen atoms in total. The van der Waals surface area contributed by atoms with Crippen LogP contribution in [0.2, 0.25) is 0 Å². The van der Waals surface area contributed by atoms with E-state index in [1.54, 1.807) is 6.07 Å². The normalized spacial score (nSPS) is 16.9. The standard InChI is InChI=1S/C24H27F3N2O7S/c1-33-10-11-34-20-4-2-17(24(25,26)27)14-19(20)28-23(30)16-6-8-29(9-7-16)37(31,32)18-3-5-21-22(15-18)36-13-12-35-21/h2-5,14-16H,6-13H2,1H3,(H,28,30). The van der Waals surface area contributed by atoms with Crippen molar-refractivity contribution in [3.63, 3.8) is 0 Å². The van der Waals surface area contributed by atoms with Crippen molar-refractivity contribution in [2.45, 2.75) is 23.9 Å². The molecule has 0 unspecified atom stereocenters. The van der Waals surface area contributed by atoms with Crippen LogP contribution in [-0.2, 0) is 25.7 Å². The number of fused-ring (bicyclic) bond motifs is 1. The van der Waals surface area contributed by atoms with Gasteiger partial charge in [-0.1, -0.05) is 0 Å². The molecule has 37 heavy (non-hydrogen) atoms. The van der Waals surface area contributed by atoms with Crippen molar-refractivity contribution in [1.29, 1.82) is 0 Å². The molecular formula is C24H27F3N2O7S. The molecule has 2 aliphatic heterocycles. The summed E-state index contributed by atoms with van der Waals surface area (Å²) in [7, 11) is -2.38. The van der Waals surface area contributed by atoms with Gasteiger partial charge in [-0.3, -0.25) is 4.79 Å². The van der Waals surface area contributed by atoms with Crippen LogP contribution >= 0.6 is 0 Å². The van der Waals surface area contributed by atoms with E-state index in [0.717, 1.165) is 18.2 Å². The Kier molecular flexibility index (Phi) is 8.14. The maximum Gasteiger partial charge on any atom is 0.416 e. The van der Waals surface area contributed by atoms with E-state index in [-0.39, 0.29) is 55.5 Å². The fourth-order valence-corrected chi connectivity index (χ4v) is 5.58. The lowest BCUT2D eigenvalue weighted by Crippen LogP contribution is -2.41. The van der Waals surface area contributed by atoms with Gasteiger partial charge in [-0.2, -0.15) is 17.5 Å². The highest BCUT2D eigenvalue weighted by Crippen LogP contribution is 2.37. The van der Waals surface area contributed by atoms with Crippen molar-refractivity contribution in [1.82, 2.24) is 4.31 Å². The molecule has 0 bridgehead atoms. The molecule has 2 aromatic rings. The second kappa shape index (κ2) is 11.2. The Balaban J connectivity index is 1.42. The molecule has 2 aliphatic rings. The highest BCUT2D eigenvalue weighted by atomic mass is 32.2. The monoisotopic (exact) mass is 544 g/mol. The lowest BCUT2D eigenvalue weighted by Gasteiger charge is -2.31. The molecule has 0 aromatic heterocycles. The average Bonchev–Trinajstić information content (AvgIpc) is 2.88. The van der Waals surface area contributed by atoms with Crippen molar-refractivity contribution < 1.29 is 45.3 Å². The minimum absolute atomic E-state index is 0.0569. The van der Waals surface area contributed by atoms with E-state index < -0.39 is 33.6 Å². The molecule has 0 saturated carbocycles. The van der Waals surface area contributed by atoms with E-state index in [4.69, 9.17) is 18.9 Å². The molecule has 1 fully saturated rings. The first kappa shape index (κ1) is 27.0. The lowest BCUT2D eigenvalue weighted by molar-refractivity contribution is -0.137. The Hall–Kier alpha value is -3.03. The molecule has 0 atom stereocenters. The maximum atomic E-state index is 13.2. The Morgan fingerprint density at radius 1 is 1.05 bits per heavy atom. The predicted octanol–water partition coefficient (Wildman–Crippen LogP) is 3.54. The molecule has 13 heteroatoms. The van der Waals surface area contributed by atoms with Crippen molar-refractivity contribution in [2.24, 2.45) is 5.92 Å². The van der Waals surface area contributed by atoms with Crippen LogP contribution in [-0.4, -0.2) is 65.3 Å². The summed E-state index contributed by atoms with van der Waals surface area (Å²) < 4.78 is 88.5. The number of carbonyl (C=O) groups excluding carboxylic acids is 1. The number of halogens is 3. The molecule has 0 aliphatic carbocycles. The van der Waals surface area contributed by atoms with Crippen LogP contribution in [0.1, 0.15) is 18.4 Å². The summed E-state index contributed by atoms with van der Waals surface area (Å²) in [4.78, 5) is 13.0. The molecule has 1 saturated heterocycles. The Bertz CT molecular complexity index is 1230. The smallest absolute Gasteiger partial charge is 0.416 e. The predicted molar refractivity (Wildman–Crippen MR) is 126 cm³/mol. The van der Waals surface area contributed by atoms with Crippen LogP contribution in [0.25, 0.3) is 0 Å². The number of carbonyl (C=O) groups is 1. The third-order valence-electron chi connectivity index (χ3n) is 6.09. The van der Waals surface area contributed by atoms with Gasteiger partial charge < -0.3 is 24.3 Å². The van der Waals surface area contributed by atoms with E-state index in [0.29, 0.717) is 24.7 Å². The molecule has 4 rings (SSSR count). The van der Waals surface area contributed by atoms with Gasteiger partial charge in [0.2, 0.25) is 15.9 Å². The fraction of sp³-hybridized carbons (Fsp3) is 0.458. The van der Waals surface area contributed by atoms with Gasteiger partial charge in [-0.15, -0.1) is 0 Å². The molecular weight excluding hydrogens is 517 g/mol. The first-order valence-corrected chi connectivity index (χ1v) is 13.1. The van der Waals surface area contributed by atoms with Gasteiger partial charge in [0.15, 0.2) is 11.5 Å². The molecule has 2 aromatic carbocycles. The number of sulfonamides is 1. The molecule has 1 amide bonds. The van der Waals surface area contributed by atoms with Crippen LogP contribution < -0.4 is 19.5 Å². The van der Waals surface area contributed by atoms with Gasteiger partial charge in [-0.25, -0.2) is 8.42 Å². The zero-order valence-electron chi connectivity index (χ0n) is 20.0. The highest BCUT2D eigenvalue weighted by Gasteiger charge is 2.34. The number of nitrogens with one attached hydrogen (secondary N) is 1. The van der Waals surface area contributed by atoms with Gasteiger partial charge in [0.05, 0.1) is 22.8 Å². The van der Waals surface area contributed by atoms with Crippen LogP contribution in [0.3, 0.4) is 0 Å². The van der Waals surface area contributed by atoms with Crippen molar-refractivity contribution in [3.05, 3.63) is 42.0 Å². The van der Waals surface area contributed by atoms with Crippen molar-refractivity contribution in [2.75, 3.05) is 51.9 Å². The van der Waals surface area contributed by atoms with E-state index in [1.807, 2.05) is 0 Å². The number of ether oxygens (including phenoxy) is 4. The van der Waals surface area contributed by atoms with E-state index in [1.165, 1.54) is 23.5 Å². The first-order valence-electron chi connectivity index (χ1n) is 11.6. The van der Waals surface area contributed by atoms with Gasteiger partial charge >= 0.3 is 6.18 Å². The van der Waals surface area contributed by atoms with Crippen LogP contribution in [0.4, 0.5) is 18.9 Å². The number of rotatable bonds is 8. The zero-order valence-corrected chi connectivity index (χ0v) is 20.9. The van der Waals surface area contributed by atoms with Crippen LogP contribution in [0, 0.1) is 5.92 Å². The molecule has 0 radical (unpaired) electrons. The lowest BCUT2D eigenvalue weighted by atomic mass is 9.97. The maximum absolute atomic E-state index is 13.2. The van der Waals surface area contributed by atoms with Gasteiger partial charge in [0.1, 0.15) is 25.6 Å². The van der Waals surface area contributed by atoms with Crippen molar-refractivity contribution in [3.8, 4) is 17.2 Å². The summed E-state index contributed by atoms with van der Waals surface area (Å²) in [5.41, 5.74) is -1.04. The van der Waals surface area contributed by atoms with E-state index in [2.05, 4.69) is 5.32 Å². The molecule has 202 valence electrons. The molecule has 1 N–H and O–H groups in total. The Morgan fingerprint density at radius 2 is 1.76 bits per heavy atom. The zero-order chi connectivity index (χ0) is 26.6. The number of hydrogen-bond acceptors (Lipinski definition) is 7. The number of nitrogens with zero attached hydrogens (tertiary/aromatic N) is 1. The summed E-state index contributed by atoms with van der Waals surface area (Å²) in [6.07, 6.45) is -4.19. The van der Waals surface area contributed by atoms with E-state index >= 15 is 0 Å². The number of methoxy groups -OCH3 is 1. The van der Waals surface area contributed by atoms with Gasteiger partial charge in [-0.05, 0) is 43.2 Å². The third kappa shape index (κ3) is 6.28. The number of benzene rings is 2. The first-order chi connectivity index (χ1) is 17.6. The highest BCUT2D eigenvalue weighted by molar-refractivity contribution is 7.89. The van der Waals surface area contributed by atoms with Gasteiger partial charge in [0.25, 0.3) is 0 Å². The van der Waals surface area contributed by atoms with Crippen molar-refractivity contribution >= 4 is 21.6 Å². The Labute approximate surface area is 212 Å². The molecule has 2 heterocycles. The fourth-order valence-electron chi connectivity index (χ4n) is 4.09. The topological polar surface area (TPSA) is 103 Å². The third-order valence-corrected chi connectivity index (χ3v) is 7.98. The summed E-state index contributed by atoms with van der Waals surface area (Å²) in [6, 6.07) is 7.25. The van der Waals surface area contributed by atoms with Crippen LogP contribution in [0.15, 0.2) is 41.3 Å². The van der Waals surface area contributed by atoms with Gasteiger partial charge in [0, 0.05) is 32.2 Å². The molecule has 0 spiro atoms. The average molecular weight is 545 g/mol. The quantitative estimate of drug-likeness (QED) is 0.507. The summed E-state index contributed by atoms with van der Waals surface area (Å²) >= 11 is 0. The number of anilines is 1. The summed E-state index contributed by atoms with van der Waals surface area (Å²) in [5, 5.41) is 2.54. The van der Waals surface area contributed by atoms with Crippen LogP contribution in [0.5, 0.6) is 17.2 Å². The summed E-state index contributed by atoms with van der Waals surface area (Å²) in [5.74, 6) is -0.190. The van der Waals surface area contributed by atoms with E-state index in [9.17, 15) is 26.4 Å². The number of amides is 1. The minimum atomic E-state index is -4.60. The Morgan fingerprint density at radius 3 is 2.43 bits per heavy atom. The minimum Gasteiger partial charge on any atom is -0.489 e. The number of piperidine rings is 1.